The Bertz CT molecular complexity index is 1360. The van der Waals surface area contributed by atoms with Gasteiger partial charge in [-0.05, 0) is 42.1 Å². The Balaban J connectivity index is 1.94. The lowest BCUT2D eigenvalue weighted by atomic mass is 9.95. The van der Waals surface area contributed by atoms with Crippen LogP contribution >= 0.6 is 22.7 Å². The summed E-state index contributed by atoms with van der Waals surface area (Å²) < 4.78 is 11.8. The van der Waals surface area contributed by atoms with Gasteiger partial charge in [0, 0.05) is 4.88 Å². The Hall–Kier alpha value is -3.30. The van der Waals surface area contributed by atoms with Crippen molar-refractivity contribution in [2.45, 2.75) is 13.0 Å². The first-order chi connectivity index (χ1) is 14.9. The average molecular weight is 455 g/mol. The number of aromatic nitrogens is 1. The summed E-state index contributed by atoms with van der Waals surface area (Å²) in [5.41, 5.74) is 1.55. The number of allylic oxidation sites excluding steroid dienone is 1. The maximum Gasteiger partial charge on any atom is 0.338 e. The first-order valence-corrected chi connectivity index (χ1v) is 11.0. The summed E-state index contributed by atoms with van der Waals surface area (Å²) in [5.74, 6) is -1.03. The molecule has 3 aromatic rings. The van der Waals surface area contributed by atoms with Crippen molar-refractivity contribution < 1.29 is 19.1 Å². The molecule has 2 aromatic heterocycles. The van der Waals surface area contributed by atoms with Crippen LogP contribution < -0.4 is 14.9 Å². The summed E-state index contributed by atoms with van der Waals surface area (Å²) in [6.45, 7) is 1.72. The number of carbonyl (C=O) groups is 2. The molecule has 1 unspecified atom stereocenters. The molecule has 0 radical (unpaired) electrons. The second kappa shape index (κ2) is 8.44. The summed E-state index contributed by atoms with van der Waals surface area (Å²) in [6.07, 6.45) is 1.82. The summed E-state index contributed by atoms with van der Waals surface area (Å²) >= 11 is 2.80. The highest BCUT2D eigenvalue weighted by Gasteiger charge is 2.33. The molecule has 0 saturated carbocycles. The molecule has 0 fully saturated rings. The van der Waals surface area contributed by atoms with Gasteiger partial charge in [-0.25, -0.2) is 14.6 Å². The van der Waals surface area contributed by atoms with Crippen LogP contribution in [0.5, 0.6) is 0 Å². The fourth-order valence-electron chi connectivity index (χ4n) is 3.43. The number of fused-ring (bicyclic) bond motifs is 1. The van der Waals surface area contributed by atoms with E-state index in [9.17, 15) is 14.4 Å². The van der Waals surface area contributed by atoms with Crippen LogP contribution in [0.3, 0.4) is 0 Å². The third kappa shape index (κ3) is 3.77. The average Bonchev–Trinajstić information content (AvgIpc) is 3.40. The third-order valence-corrected chi connectivity index (χ3v) is 6.69. The van der Waals surface area contributed by atoms with Gasteiger partial charge in [0.15, 0.2) is 4.80 Å². The molecule has 0 N–H and O–H groups in total. The van der Waals surface area contributed by atoms with Crippen molar-refractivity contribution in [2.24, 2.45) is 4.99 Å². The minimum absolute atomic E-state index is 0.243. The zero-order chi connectivity index (χ0) is 22.1. The summed E-state index contributed by atoms with van der Waals surface area (Å²) in [4.78, 5) is 43.7. The number of hydrogen-bond acceptors (Lipinski definition) is 8. The van der Waals surface area contributed by atoms with Gasteiger partial charge < -0.3 is 9.47 Å². The van der Waals surface area contributed by atoms with Crippen LogP contribution in [0.1, 0.15) is 33.8 Å². The number of carbonyl (C=O) groups excluding carboxylic acids is 2. The lowest BCUT2D eigenvalue weighted by molar-refractivity contribution is -0.136. The van der Waals surface area contributed by atoms with Gasteiger partial charge in [0.25, 0.3) is 5.56 Å². The van der Waals surface area contributed by atoms with Crippen molar-refractivity contribution in [3.8, 4) is 0 Å². The number of rotatable bonds is 4. The summed E-state index contributed by atoms with van der Waals surface area (Å²) in [5, 5.41) is 1.94. The second-order valence-corrected chi connectivity index (χ2v) is 8.69. The molecular formula is C22H18N2O5S2. The molecule has 4 rings (SSSR count). The van der Waals surface area contributed by atoms with Gasteiger partial charge in [0.1, 0.15) is 0 Å². The molecule has 0 saturated heterocycles. The predicted molar refractivity (Wildman–Crippen MR) is 118 cm³/mol. The van der Waals surface area contributed by atoms with E-state index in [2.05, 4.69) is 4.99 Å². The van der Waals surface area contributed by atoms with Crippen LogP contribution in [0.15, 0.2) is 62.8 Å². The fourth-order valence-corrected chi connectivity index (χ4v) is 5.20. The van der Waals surface area contributed by atoms with Crippen molar-refractivity contribution >= 4 is 40.7 Å². The standard InChI is InChI=1S/C22H18N2O5S2/c1-12-17(21(27)29-3)18(13-6-8-14(9-7-13)20(26)28-2)24-19(25)16(31-22(24)23-12)11-15-5-4-10-30-15/h4-11,18H,1-3H3. The zero-order valence-corrected chi connectivity index (χ0v) is 18.6. The minimum atomic E-state index is -0.721. The Kier molecular flexibility index (Phi) is 5.71. The Morgan fingerprint density at radius 1 is 1.10 bits per heavy atom. The molecule has 1 atom stereocenters. The smallest absolute Gasteiger partial charge is 0.338 e. The van der Waals surface area contributed by atoms with Crippen molar-refractivity contribution in [3.63, 3.8) is 0 Å². The number of ether oxygens (including phenoxy) is 2. The quantitative estimate of drug-likeness (QED) is 0.565. The lowest BCUT2D eigenvalue weighted by Gasteiger charge is -2.24. The van der Waals surface area contributed by atoms with E-state index in [0.717, 1.165) is 4.88 Å². The monoisotopic (exact) mass is 454 g/mol. The number of benzene rings is 1. The van der Waals surface area contributed by atoms with E-state index in [4.69, 9.17) is 9.47 Å². The van der Waals surface area contributed by atoms with Gasteiger partial charge in [-0.1, -0.05) is 29.5 Å². The molecule has 1 aromatic carbocycles. The van der Waals surface area contributed by atoms with Gasteiger partial charge >= 0.3 is 11.9 Å². The highest BCUT2D eigenvalue weighted by Crippen LogP contribution is 2.30. The van der Waals surface area contributed by atoms with Crippen LogP contribution in [0.4, 0.5) is 0 Å². The fraction of sp³-hybridized carbons (Fsp3) is 0.182. The van der Waals surface area contributed by atoms with Gasteiger partial charge in [-0.15, -0.1) is 11.3 Å². The van der Waals surface area contributed by atoms with Crippen LogP contribution in [0, 0.1) is 0 Å². The zero-order valence-electron chi connectivity index (χ0n) is 16.9. The maximum absolute atomic E-state index is 13.3. The van der Waals surface area contributed by atoms with E-state index in [0.29, 0.717) is 26.2 Å². The second-order valence-electron chi connectivity index (χ2n) is 6.70. The van der Waals surface area contributed by atoms with Crippen LogP contribution in [0.25, 0.3) is 6.08 Å². The van der Waals surface area contributed by atoms with Crippen molar-refractivity contribution in [3.05, 3.63) is 88.7 Å². The highest BCUT2D eigenvalue weighted by molar-refractivity contribution is 7.11. The van der Waals surface area contributed by atoms with Crippen molar-refractivity contribution in [1.29, 1.82) is 0 Å². The number of methoxy groups -OCH3 is 2. The Morgan fingerprint density at radius 3 is 2.42 bits per heavy atom. The van der Waals surface area contributed by atoms with Crippen LogP contribution in [-0.2, 0) is 14.3 Å². The molecular weight excluding hydrogens is 436 g/mol. The molecule has 9 heteroatoms. The van der Waals surface area contributed by atoms with E-state index in [1.54, 1.807) is 31.2 Å². The first-order valence-electron chi connectivity index (χ1n) is 9.27. The van der Waals surface area contributed by atoms with Crippen molar-refractivity contribution in [2.75, 3.05) is 14.2 Å². The van der Waals surface area contributed by atoms with Crippen LogP contribution in [0.2, 0.25) is 0 Å². The molecule has 0 spiro atoms. The number of esters is 2. The predicted octanol–water partition coefficient (Wildman–Crippen LogP) is 2.26. The number of thiophene rings is 1. The van der Waals surface area contributed by atoms with Crippen LogP contribution in [-0.4, -0.2) is 30.7 Å². The van der Waals surface area contributed by atoms with Gasteiger partial charge in [-0.2, -0.15) is 0 Å². The number of nitrogens with zero attached hydrogens (tertiary/aromatic N) is 2. The number of thiazole rings is 1. The molecule has 1 aliphatic rings. The Morgan fingerprint density at radius 2 is 1.81 bits per heavy atom. The van der Waals surface area contributed by atoms with Gasteiger partial charge in [0.2, 0.25) is 0 Å². The largest absolute Gasteiger partial charge is 0.466 e. The van der Waals surface area contributed by atoms with E-state index >= 15 is 0 Å². The number of hydrogen-bond donors (Lipinski definition) is 0. The topological polar surface area (TPSA) is 87.0 Å². The molecule has 7 nitrogen and oxygen atoms in total. The summed E-state index contributed by atoms with van der Waals surface area (Å²) in [6, 6.07) is 9.74. The summed E-state index contributed by atoms with van der Waals surface area (Å²) in [7, 11) is 2.60. The van der Waals surface area contributed by atoms with E-state index in [-0.39, 0.29) is 11.1 Å². The molecule has 0 amide bonds. The first kappa shape index (κ1) is 21.0. The maximum atomic E-state index is 13.3. The van der Waals surface area contributed by atoms with Gasteiger partial charge in [0.05, 0.1) is 41.6 Å². The third-order valence-electron chi connectivity index (χ3n) is 4.89. The lowest BCUT2D eigenvalue weighted by Crippen LogP contribution is -2.39. The van der Waals surface area contributed by atoms with Crippen molar-refractivity contribution in [1.82, 2.24) is 4.57 Å². The van der Waals surface area contributed by atoms with E-state index < -0.39 is 18.0 Å². The highest BCUT2D eigenvalue weighted by atomic mass is 32.1. The Labute approximate surface area is 185 Å². The minimum Gasteiger partial charge on any atom is -0.466 e. The SMILES string of the molecule is COC(=O)C1=C(C)N=c2sc(=Cc3cccs3)c(=O)n2C1c1ccc(C(=O)OC)cc1. The molecule has 3 heterocycles. The molecule has 31 heavy (non-hydrogen) atoms. The molecule has 158 valence electrons. The van der Waals surface area contributed by atoms with E-state index in [1.165, 1.54) is 41.5 Å². The molecule has 1 aliphatic heterocycles. The normalized spacial score (nSPS) is 16.0. The molecule has 0 bridgehead atoms. The molecule has 0 aliphatic carbocycles. The van der Waals surface area contributed by atoms with Gasteiger partial charge in [-0.3, -0.25) is 9.36 Å². The van der Waals surface area contributed by atoms with E-state index in [1.807, 2.05) is 23.6 Å².